The molecule has 2 aromatic rings. The molecule has 5 nitrogen and oxygen atoms in total. The monoisotopic (exact) mass is 400 g/mol. The minimum absolute atomic E-state index is 0.0669. The summed E-state index contributed by atoms with van der Waals surface area (Å²) in [6.07, 6.45) is 0. The summed E-state index contributed by atoms with van der Waals surface area (Å²) in [6.45, 7) is 2.57. The van der Waals surface area contributed by atoms with Crippen LogP contribution < -0.4 is 0 Å². The zero-order valence-electron chi connectivity index (χ0n) is 14.9. The molecule has 2 heterocycles. The van der Waals surface area contributed by atoms with E-state index in [1.54, 1.807) is 24.3 Å². The zero-order valence-corrected chi connectivity index (χ0v) is 16.5. The van der Waals surface area contributed by atoms with Crippen LogP contribution in [-0.4, -0.2) is 47.2 Å². The van der Waals surface area contributed by atoms with E-state index in [2.05, 4.69) is 4.99 Å². The number of aliphatic imine (C=N–C) groups is 1. The Morgan fingerprint density at radius 3 is 2.52 bits per heavy atom. The molecule has 0 aliphatic carbocycles. The molecule has 2 unspecified atom stereocenters. The topological polar surface area (TPSA) is 66.8 Å². The number of amidine groups is 1. The molecule has 0 radical (unpaired) electrons. The van der Waals surface area contributed by atoms with E-state index in [1.807, 2.05) is 42.2 Å². The summed E-state index contributed by atoms with van der Waals surface area (Å²) in [5, 5.41) is 0.553. The first-order valence-electron chi connectivity index (χ1n) is 8.79. The molecular weight excluding hydrogens is 380 g/mol. The number of amides is 1. The fraction of sp³-hybridized carbons (Fsp3) is 0.300. The van der Waals surface area contributed by atoms with Crippen LogP contribution in [0.2, 0.25) is 0 Å². The Morgan fingerprint density at radius 2 is 1.81 bits per heavy atom. The minimum atomic E-state index is -3.04. The van der Waals surface area contributed by atoms with Crippen LogP contribution in [0.1, 0.15) is 21.5 Å². The van der Waals surface area contributed by atoms with E-state index in [9.17, 15) is 13.2 Å². The fourth-order valence-corrected chi connectivity index (χ4v) is 7.39. The molecule has 2 atom stereocenters. The summed E-state index contributed by atoms with van der Waals surface area (Å²) in [7, 11) is -3.04. The van der Waals surface area contributed by atoms with E-state index in [-0.39, 0.29) is 28.7 Å². The molecule has 2 aliphatic rings. The lowest BCUT2D eigenvalue weighted by molar-refractivity contribution is 0.100. The number of hydrogen-bond acceptors (Lipinski definition) is 4. The van der Waals surface area contributed by atoms with Gasteiger partial charge in [0.15, 0.2) is 15.0 Å². The van der Waals surface area contributed by atoms with E-state index in [0.717, 1.165) is 5.56 Å². The van der Waals surface area contributed by atoms with E-state index in [1.165, 1.54) is 17.3 Å². The highest BCUT2D eigenvalue weighted by Gasteiger charge is 2.48. The van der Waals surface area contributed by atoms with Crippen molar-refractivity contribution in [1.29, 1.82) is 0 Å². The van der Waals surface area contributed by atoms with Gasteiger partial charge < -0.3 is 4.90 Å². The Balaban J connectivity index is 1.64. The van der Waals surface area contributed by atoms with Gasteiger partial charge in [-0.15, -0.1) is 0 Å². The van der Waals surface area contributed by atoms with Crippen LogP contribution in [0.15, 0.2) is 59.6 Å². The molecule has 7 heteroatoms. The van der Waals surface area contributed by atoms with Crippen LogP contribution in [0.4, 0.5) is 0 Å². The second-order valence-electron chi connectivity index (χ2n) is 6.98. The van der Waals surface area contributed by atoms with Crippen LogP contribution in [0, 0.1) is 6.92 Å². The summed E-state index contributed by atoms with van der Waals surface area (Å²) in [4.78, 5) is 18.9. The van der Waals surface area contributed by atoms with Gasteiger partial charge in [-0.25, -0.2) is 8.42 Å². The summed E-state index contributed by atoms with van der Waals surface area (Å²) in [5.41, 5.74) is 2.78. The quantitative estimate of drug-likeness (QED) is 0.793. The number of aryl methyl sites for hydroxylation is 1. The van der Waals surface area contributed by atoms with Crippen LogP contribution in [0.5, 0.6) is 0 Å². The van der Waals surface area contributed by atoms with Gasteiger partial charge in [0.05, 0.1) is 17.5 Å². The molecule has 0 saturated carbocycles. The summed E-state index contributed by atoms with van der Waals surface area (Å²) in [6, 6.07) is 16.9. The zero-order chi connectivity index (χ0) is 19.0. The van der Waals surface area contributed by atoms with Gasteiger partial charge in [-0.3, -0.25) is 4.79 Å². The van der Waals surface area contributed by atoms with E-state index >= 15 is 0 Å². The molecule has 4 rings (SSSR count). The molecule has 0 spiro atoms. The second-order valence-corrected chi connectivity index (χ2v) is 10.3. The van der Waals surface area contributed by atoms with Gasteiger partial charge in [0, 0.05) is 17.4 Å². The van der Waals surface area contributed by atoms with Gasteiger partial charge in [0.25, 0.3) is 5.91 Å². The van der Waals surface area contributed by atoms with Gasteiger partial charge in [0.1, 0.15) is 0 Å². The Kier molecular flexibility index (Phi) is 4.82. The Labute approximate surface area is 163 Å². The first kappa shape index (κ1) is 18.3. The third-order valence-electron chi connectivity index (χ3n) is 4.87. The lowest BCUT2D eigenvalue weighted by Crippen LogP contribution is -2.37. The maximum Gasteiger partial charge on any atom is 0.279 e. The van der Waals surface area contributed by atoms with Crippen molar-refractivity contribution in [2.75, 3.05) is 11.5 Å². The van der Waals surface area contributed by atoms with Gasteiger partial charge in [-0.1, -0.05) is 59.8 Å². The third kappa shape index (κ3) is 3.94. The largest absolute Gasteiger partial charge is 0.342 e. The first-order chi connectivity index (χ1) is 12.9. The van der Waals surface area contributed by atoms with Gasteiger partial charge >= 0.3 is 0 Å². The highest BCUT2D eigenvalue weighted by Crippen LogP contribution is 2.39. The summed E-state index contributed by atoms with van der Waals surface area (Å²) in [5.74, 6) is -0.0322. The summed E-state index contributed by atoms with van der Waals surface area (Å²) < 4.78 is 24.2. The number of rotatable bonds is 3. The maximum absolute atomic E-state index is 12.5. The van der Waals surface area contributed by atoms with Crippen molar-refractivity contribution >= 4 is 32.7 Å². The highest BCUT2D eigenvalue weighted by atomic mass is 32.2. The van der Waals surface area contributed by atoms with E-state index in [0.29, 0.717) is 17.3 Å². The Morgan fingerprint density at radius 1 is 1.11 bits per heavy atom. The second kappa shape index (κ2) is 7.13. The molecule has 2 saturated heterocycles. The fourth-order valence-electron chi connectivity index (χ4n) is 3.44. The molecule has 2 aromatic carbocycles. The molecule has 0 bridgehead atoms. The van der Waals surface area contributed by atoms with Crippen molar-refractivity contribution in [3.63, 3.8) is 0 Å². The number of carbonyl (C=O) groups excluding carboxylic acids is 1. The van der Waals surface area contributed by atoms with Crippen LogP contribution in [0.25, 0.3) is 0 Å². The lowest BCUT2D eigenvalue weighted by atomic mass is 10.1. The standard InChI is InChI=1S/C20H20N2O3S2/c1-14-7-9-15(10-8-14)11-22-17-12-27(24,25)13-18(17)26-20(22)21-19(23)16-5-3-2-4-6-16/h2-10,17-18H,11-13H2,1H3. The summed E-state index contributed by atoms with van der Waals surface area (Å²) >= 11 is 1.41. The van der Waals surface area contributed by atoms with Crippen molar-refractivity contribution in [3.05, 3.63) is 71.3 Å². The SMILES string of the molecule is Cc1ccc(CN2C(=NC(=O)c3ccccc3)SC3CS(=O)(=O)CC32)cc1. The average Bonchev–Trinajstić information content (AvgIpc) is 3.10. The maximum atomic E-state index is 12.5. The molecule has 1 amide bonds. The third-order valence-corrected chi connectivity index (χ3v) is 8.11. The number of thioether (sulfide) groups is 1. The normalized spacial score (nSPS) is 24.9. The van der Waals surface area contributed by atoms with Crippen LogP contribution in [-0.2, 0) is 16.4 Å². The molecule has 2 fully saturated rings. The Hall–Kier alpha value is -2.12. The first-order valence-corrected chi connectivity index (χ1v) is 11.5. The number of benzene rings is 2. The van der Waals surface area contributed by atoms with Crippen molar-refractivity contribution in [2.24, 2.45) is 4.99 Å². The molecular formula is C20H20N2O3S2. The van der Waals surface area contributed by atoms with Gasteiger partial charge in [0.2, 0.25) is 0 Å². The highest BCUT2D eigenvalue weighted by molar-refractivity contribution is 8.15. The van der Waals surface area contributed by atoms with Crippen LogP contribution in [0.3, 0.4) is 0 Å². The Bertz CT molecular complexity index is 986. The number of fused-ring (bicyclic) bond motifs is 1. The van der Waals surface area contributed by atoms with Gasteiger partial charge in [-0.05, 0) is 24.6 Å². The van der Waals surface area contributed by atoms with Gasteiger partial charge in [-0.2, -0.15) is 4.99 Å². The van der Waals surface area contributed by atoms with Crippen molar-refractivity contribution in [3.8, 4) is 0 Å². The minimum Gasteiger partial charge on any atom is -0.342 e. The molecule has 140 valence electrons. The number of hydrogen-bond donors (Lipinski definition) is 0. The molecule has 0 N–H and O–H groups in total. The number of carbonyl (C=O) groups is 1. The number of nitrogens with zero attached hydrogens (tertiary/aromatic N) is 2. The van der Waals surface area contributed by atoms with Crippen molar-refractivity contribution in [2.45, 2.75) is 24.8 Å². The smallest absolute Gasteiger partial charge is 0.279 e. The molecule has 27 heavy (non-hydrogen) atoms. The molecule has 2 aliphatic heterocycles. The predicted molar refractivity (Wildman–Crippen MR) is 109 cm³/mol. The number of sulfone groups is 1. The molecule has 0 aromatic heterocycles. The van der Waals surface area contributed by atoms with Crippen molar-refractivity contribution in [1.82, 2.24) is 4.90 Å². The van der Waals surface area contributed by atoms with Crippen molar-refractivity contribution < 1.29 is 13.2 Å². The predicted octanol–water partition coefficient (Wildman–Crippen LogP) is 2.91. The van der Waals surface area contributed by atoms with E-state index < -0.39 is 9.84 Å². The van der Waals surface area contributed by atoms with E-state index in [4.69, 9.17) is 0 Å². The average molecular weight is 401 g/mol. The van der Waals surface area contributed by atoms with Crippen LogP contribution >= 0.6 is 11.8 Å². The lowest BCUT2D eigenvalue weighted by Gasteiger charge is -2.24.